The number of hydrogen-bond acceptors (Lipinski definition) is 6. The summed E-state index contributed by atoms with van der Waals surface area (Å²) in [5, 5.41) is 3.36. The van der Waals surface area contributed by atoms with E-state index in [4.69, 9.17) is 21.1 Å². The van der Waals surface area contributed by atoms with Crippen LogP contribution in [0.25, 0.3) is 0 Å². The number of anilines is 1. The summed E-state index contributed by atoms with van der Waals surface area (Å²) in [6, 6.07) is 25.3. The van der Waals surface area contributed by atoms with Crippen molar-refractivity contribution in [2.45, 2.75) is 17.5 Å². The number of amides is 2. The highest BCUT2D eigenvalue weighted by molar-refractivity contribution is 7.92. The molecule has 0 aromatic heterocycles. The van der Waals surface area contributed by atoms with E-state index < -0.39 is 40.3 Å². The maximum Gasteiger partial charge on any atom is 0.261 e. The van der Waals surface area contributed by atoms with Gasteiger partial charge in [0, 0.05) is 30.9 Å². The Labute approximate surface area is 260 Å². The molecule has 44 heavy (non-hydrogen) atoms. The fourth-order valence-electron chi connectivity index (χ4n) is 4.27. The molecule has 0 saturated carbocycles. The fraction of sp³-hybridized carbons (Fsp3) is 0.188. The Bertz CT molecular complexity index is 1640. The maximum absolute atomic E-state index is 13.7. The van der Waals surface area contributed by atoms with Gasteiger partial charge >= 0.3 is 0 Å². The number of benzene rings is 4. The summed E-state index contributed by atoms with van der Waals surface area (Å²) in [5.74, 6) is -1.12. The van der Waals surface area contributed by atoms with Gasteiger partial charge in [-0.15, -0.1) is 0 Å². The van der Waals surface area contributed by atoms with Gasteiger partial charge in [0.15, 0.2) is 6.61 Å². The van der Waals surface area contributed by atoms with E-state index in [2.05, 4.69) is 10.0 Å². The Kier molecular flexibility index (Phi) is 11.3. The SMILES string of the molecule is COCCNC(=O)[C@H](c1ccccc1)N(Cc1ccc(Cl)cc1)C(=O)COc1ccc(S(=O)(=O)Nc2ccc(F)cc2)cc1. The van der Waals surface area contributed by atoms with Crippen LogP contribution in [-0.2, 0) is 30.9 Å². The first-order valence-electron chi connectivity index (χ1n) is 13.5. The van der Waals surface area contributed by atoms with Gasteiger partial charge in [-0.05, 0) is 71.8 Å². The van der Waals surface area contributed by atoms with Crippen molar-refractivity contribution >= 4 is 39.1 Å². The third kappa shape index (κ3) is 9.03. The van der Waals surface area contributed by atoms with Gasteiger partial charge in [0.1, 0.15) is 17.6 Å². The number of nitrogens with zero attached hydrogens (tertiary/aromatic N) is 1. The van der Waals surface area contributed by atoms with Crippen molar-refractivity contribution in [2.75, 3.05) is 31.6 Å². The molecule has 4 aromatic rings. The predicted molar refractivity (Wildman–Crippen MR) is 165 cm³/mol. The first kappa shape index (κ1) is 32.5. The van der Waals surface area contributed by atoms with E-state index >= 15 is 0 Å². The number of rotatable bonds is 14. The zero-order chi connectivity index (χ0) is 31.5. The Morgan fingerprint density at radius 3 is 2.20 bits per heavy atom. The van der Waals surface area contributed by atoms with Crippen molar-refractivity contribution in [1.29, 1.82) is 0 Å². The van der Waals surface area contributed by atoms with Crippen LogP contribution in [0.5, 0.6) is 5.75 Å². The number of carbonyl (C=O) groups excluding carboxylic acids is 2. The lowest BCUT2D eigenvalue weighted by Gasteiger charge is -2.31. The molecule has 9 nitrogen and oxygen atoms in total. The van der Waals surface area contributed by atoms with Crippen LogP contribution in [0.2, 0.25) is 5.02 Å². The highest BCUT2D eigenvalue weighted by atomic mass is 35.5. The molecule has 0 saturated heterocycles. The molecule has 0 bridgehead atoms. The zero-order valence-corrected chi connectivity index (χ0v) is 25.4. The highest BCUT2D eigenvalue weighted by Gasteiger charge is 2.31. The summed E-state index contributed by atoms with van der Waals surface area (Å²) in [7, 11) is -2.43. The normalized spacial score (nSPS) is 11.8. The Hall–Kier alpha value is -4.45. The van der Waals surface area contributed by atoms with Crippen molar-refractivity contribution in [3.63, 3.8) is 0 Å². The molecule has 2 N–H and O–H groups in total. The molecule has 4 rings (SSSR count). The minimum atomic E-state index is -3.95. The molecule has 4 aromatic carbocycles. The summed E-state index contributed by atoms with van der Waals surface area (Å²) < 4.78 is 51.9. The van der Waals surface area contributed by atoms with Crippen molar-refractivity contribution < 1.29 is 31.9 Å². The molecule has 0 aliphatic heterocycles. The van der Waals surface area contributed by atoms with Gasteiger partial charge in [0.05, 0.1) is 11.5 Å². The third-order valence-corrected chi connectivity index (χ3v) is 8.11. The molecular weight excluding hydrogens is 609 g/mol. The van der Waals surface area contributed by atoms with E-state index in [0.717, 1.165) is 17.7 Å². The van der Waals surface area contributed by atoms with Crippen molar-refractivity contribution in [2.24, 2.45) is 0 Å². The second-order valence-electron chi connectivity index (χ2n) is 9.62. The molecule has 2 amide bonds. The minimum Gasteiger partial charge on any atom is -0.484 e. The number of nitrogens with one attached hydrogen (secondary N) is 2. The Morgan fingerprint density at radius 1 is 0.909 bits per heavy atom. The highest BCUT2D eigenvalue weighted by Crippen LogP contribution is 2.25. The van der Waals surface area contributed by atoms with Gasteiger partial charge in [-0.3, -0.25) is 14.3 Å². The average Bonchev–Trinajstić information content (AvgIpc) is 3.02. The third-order valence-electron chi connectivity index (χ3n) is 6.46. The maximum atomic E-state index is 13.7. The topological polar surface area (TPSA) is 114 Å². The van der Waals surface area contributed by atoms with Gasteiger partial charge in [0.25, 0.3) is 15.9 Å². The van der Waals surface area contributed by atoms with Crippen LogP contribution in [0.4, 0.5) is 10.1 Å². The Balaban J connectivity index is 1.53. The molecule has 230 valence electrons. The first-order valence-corrected chi connectivity index (χ1v) is 15.4. The molecule has 1 atom stereocenters. The minimum absolute atomic E-state index is 0.0539. The quantitative estimate of drug-likeness (QED) is 0.184. The lowest BCUT2D eigenvalue weighted by Crippen LogP contribution is -2.45. The fourth-order valence-corrected chi connectivity index (χ4v) is 5.45. The lowest BCUT2D eigenvalue weighted by molar-refractivity contribution is -0.143. The van der Waals surface area contributed by atoms with Gasteiger partial charge in [-0.25, -0.2) is 12.8 Å². The summed E-state index contributed by atoms with van der Waals surface area (Å²) in [6.45, 7) is 0.209. The van der Waals surface area contributed by atoms with Crippen LogP contribution in [0.1, 0.15) is 17.2 Å². The standard InChI is InChI=1S/C32H31ClFN3O6S/c1-42-20-19-35-32(39)31(24-5-3-2-4-6-24)37(21-23-7-9-25(33)10-8-23)30(38)22-43-28-15-17-29(18-16-28)44(40,41)36-27-13-11-26(34)12-14-27/h2-18,31,36H,19-22H2,1H3,(H,35,39)/t31-/m0/s1. The average molecular weight is 640 g/mol. The molecule has 12 heteroatoms. The molecule has 0 heterocycles. The molecule has 0 unspecified atom stereocenters. The molecular formula is C32H31ClFN3O6S. The molecule has 0 aliphatic carbocycles. The van der Waals surface area contributed by atoms with Crippen molar-refractivity contribution in [1.82, 2.24) is 10.2 Å². The van der Waals surface area contributed by atoms with E-state index in [1.165, 1.54) is 48.4 Å². The van der Waals surface area contributed by atoms with E-state index in [0.29, 0.717) is 17.2 Å². The van der Waals surface area contributed by atoms with Crippen LogP contribution >= 0.6 is 11.6 Å². The second kappa shape index (κ2) is 15.3. The molecule has 0 fully saturated rings. The van der Waals surface area contributed by atoms with E-state index in [1.54, 1.807) is 48.5 Å². The summed E-state index contributed by atoms with van der Waals surface area (Å²) >= 11 is 6.06. The number of halogens is 2. The van der Waals surface area contributed by atoms with E-state index in [1.807, 2.05) is 6.07 Å². The predicted octanol–water partition coefficient (Wildman–Crippen LogP) is 5.19. The summed E-state index contributed by atoms with van der Waals surface area (Å²) in [5.41, 5.74) is 1.56. The number of carbonyl (C=O) groups is 2. The van der Waals surface area contributed by atoms with E-state index in [9.17, 15) is 22.4 Å². The van der Waals surface area contributed by atoms with Crippen molar-refractivity contribution in [3.8, 4) is 5.75 Å². The molecule has 0 aliphatic rings. The Morgan fingerprint density at radius 2 is 1.57 bits per heavy atom. The first-order chi connectivity index (χ1) is 21.2. The zero-order valence-electron chi connectivity index (χ0n) is 23.8. The molecule has 0 spiro atoms. The number of ether oxygens (including phenoxy) is 2. The monoisotopic (exact) mass is 639 g/mol. The van der Waals surface area contributed by atoms with Crippen LogP contribution in [-0.4, -0.2) is 52.0 Å². The van der Waals surface area contributed by atoms with Gasteiger partial charge in [-0.2, -0.15) is 0 Å². The number of methoxy groups -OCH3 is 1. The van der Waals surface area contributed by atoms with Crippen molar-refractivity contribution in [3.05, 3.63) is 125 Å². The summed E-state index contributed by atoms with van der Waals surface area (Å²) in [4.78, 5) is 28.6. The van der Waals surface area contributed by atoms with Gasteiger partial charge in [0.2, 0.25) is 5.91 Å². The lowest BCUT2D eigenvalue weighted by atomic mass is 10.0. The van der Waals surface area contributed by atoms with Crippen LogP contribution in [0, 0.1) is 5.82 Å². The summed E-state index contributed by atoms with van der Waals surface area (Å²) in [6.07, 6.45) is 0. The smallest absolute Gasteiger partial charge is 0.261 e. The largest absolute Gasteiger partial charge is 0.484 e. The van der Waals surface area contributed by atoms with Crippen LogP contribution in [0.15, 0.2) is 108 Å². The van der Waals surface area contributed by atoms with Crippen LogP contribution in [0.3, 0.4) is 0 Å². The number of hydrogen-bond donors (Lipinski definition) is 2. The molecule has 0 radical (unpaired) electrons. The van der Waals surface area contributed by atoms with E-state index in [-0.39, 0.29) is 29.4 Å². The second-order valence-corrected chi connectivity index (χ2v) is 11.7. The number of sulfonamides is 1. The van der Waals surface area contributed by atoms with Crippen LogP contribution < -0.4 is 14.8 Å². The van der Waals surface area contributed by atoms with Gasteiger partial charge < -0.3 is 19.7 Å². The van der Waals surface area contributed by atoms with Gasteiger partial charge in [-0.1, -0.05) is 54.1 Å².